The molecule has 1 atom stereocenters. The molecule has 0 unspecified atom stereocenters. The zero-order valence-electron chi connectivity index (χ0n) is 20.2. The molecule has 0 aromatic heterocycles. The molecular weight excluding hydrogens is 483 g/mol. The van der Waals surface area contributed by atoms with Crippen LogP contribution in [0.5, 0.6) is 5.75 Å². The second kappa shape index (κ2) is 12.6. The Balaban J connectivity index is 1.93. The van der Waals surface area contributed by atoms with Gasteiger partial charge in [0.15, 0.2) is 6.61 Å². The average molecular weight is 513 g/mol. The molecule has 0 bridgehead atoms. The van der Waals surface area contributed by atoms with Crippen molar-refractivity contribution in [1.29, 1.82) is 0 Å². The summed E-state index contributed by atoms with van der Waals surface area (Å²) in [5.74, 6) is 0.0792. The van der Waals surface area contributed by atoms with E-state index in [1.807, 2.05) is 69.3 Å². The lowest BCUT2D eigenvalue weighted by Gasteiger charge is -2.31. The lowest BCUT2D eigenvalue weighted by molar-refractivity contribution is -0.142. The minimum Gasteiger partial charge on any atom is -0.483 e. The fraction of sp³-hybridized carbons (Fsp3) is 0.286. The average Bonchev–Trinajstić information content (AvgIpc) is 2.82. The van der Waals surface area contributed by atoms with Gasteiger partial charge in [-0.25, -0.2) is 0 Å². The number of benzene rings is 3. The highest BCUT2D eigenvalue weighted by atomic mass is 35.5. The number of aryl methyl sites for hydroxylation is 2. The lowest BCUT2D eigenvalue weighted by atomic mass is 10.0. The third kappa shape index (κ3) is 7.48. The van der Waals surface area contributed by atoms with Crippen LogP contribution < -0.4 is 10.1 Å². The molecule has 7 heteroatoms. The van der Waals surface area contributed by atoms with Gasteiger partial charge in [0, 0.05) is 29.6 Å². The number of halogens is 2. The molecule has 0 fully saturated rings. The number of hydrogen-bond acceptors (Lipinski definition) is 3. The van der Waals surface area contributed by atoms with Crippen LogP contribution in [-0.4, -0.2) is 35.9 Å². The van der Waals surface area contributed by atoms with Gasteiger partial charge in [-0.2, -0.15) is 0 Å². The maximum atomic E-state index is 13.6. The van der Waals surface area contributed by atoms with E-state index in [9.17, 15) is 9.59 Å². The van der Waals surface area contributed by atoms with Crippen molar-refractivity contribution in [3.63, 3.8) is 0 Å². The van der Waals surface area contributed by atoms with E-state index in [1.54, 1.807) is 18.2 Å². The topological polar surface area (TPSA) is 58.6 Å². The molecule has 184 valence electrons. The predicted octanol–water partition coefficient (Wildman–Crippen LogP) is 5.77. The Morgan fingerprint density at radius 2 is 1.74 bits per heavy atom. The van der Waals surface area contributed by atoms with E-state index in [4.69, 9.17) is 27.9 Å². The fourth-order valence-electron chi connectivity index (χ4n) is 3.86. The summed E-state index contributed by atoms with van der Waals surface area (Å²) in [7, 11) is 0. The van der Waals surface area contributed by atoms with Gasteiger partial charge in [0.2, 0.25) is 5.91 Å². The number of nitrogens with zero attached hydrogens (tertiary/aromatic N) is 1. The molecule has 3 rings (SSSR count). The standard InChI is InChI=1S/C28H30Cl2N2O3/c1-4-31-28(34)25(15-21-8-6-5-7-9-21)32(17-22-11-12-23(29)16-24(22)30)27(33)18-35-26-13-10-19(2)14-20(26)3/h5-14,16,25H,4,15,17-18H2,1-3H3,(H,31,34)/t25-/m0/s1. The predicted molar refractivity (Wildman–Crippen MR) is 141 cm³/mol. The molecule has 0 radical (unpaired) electrons. The summed E-state index contributed by atoms with van der Waals surface area (Å²) in [5, 5.41) is 3.80. The summed E-state index contributed by atoms with van der Waals surface area (Å²) < 4.78 is 5.88. The number of rotatable bonds is 10. The van der Waals surface area contributed by atoms with E-state index < -0.39 is 6.04 Å². The number of amides is 2. The van der Waals surface area contributed by atoms with Gasteiger partial charge in [-0.15, -0.1) is 0 Å². The van der Waals surface area contributed by atoms with Crippen LogP contribution in [0.4, 0.5) is 0 Å². The van der Waals surface area contributed by atoms with Crippen LogP contribution in [0.15, 0.2) is 66.7 Å². The van der Waals surface area contributed by atoms with Crippen LogP contribution in [-0.2, 0) is 22.6 Å². The van der Waals surface area contributed by atoms with E-state index in [1.165, 1.54) is 4.90 Å². The number of nitrogens with one attached hydrogen (secondary N) is 1. The van der Waals surface area contributed by atoms with Crippen LogP contribution in [0.25, 0.3) is 0 Å². The molecule has 3 aromatic carbocycles. The fourth-order valence-corrected chi connectivity index (χ4v) is 4.33. The van der Waals surface area contributed by atoms with E-state index in [-0.39, 0.29) is 25.0 Å². The van der Waals surface area contributed by atoms with Crippen LogP contribution >= 0.6 is 23.2 Å². The Kier molecular flexibility index (Phi) is 9.58. The molecule has 0 spiro atoms. The van der Waals surface area contributed by atoms with Crippen molar-refractivity contribution in [2.24, 2.45) is 0 Å². The summed E-state index contributed by atoms with van der Waals surface area (Å²) >= 11 is 12.5. The third-order valence-corrected chi connectivity index (χ3v) is 6.25. The van der Waals surface area contributed by atoms with Crippen molar-refractivity contribution in [1.82, 2.24) is 10.2 Å². The number of hydrogen-bond donors (Lipinski definition) is 1. The number of likely N-dealkylation sites (N-methyl/N-ethyl adjacent to an activating group) is 1. The van der Waals surface area contributed by atoms with E-state index >= 15 is 0 Å². The van der Waals surface area contributed by atoms with E-state index in [0.717, 1.165) is 16.7 Å². The zero-order valence-corrected chi connectivity index (χ0v) is 21.7. The van der Waals surface area contributed by atoms with Crippen molar-refractivity contribution >= 4 is 35.0 Å². The maximum absolute atomic E-state index is 13.6. The number of ether oxygens (including phenoxy) is 1. The Morgan fingerprint density at radius 1 is 1.00 bits per heavy atom. The van der Waals surface area contributed by atoms with Gasteiger partial charge in [0.25, 0.3) is 5.91 Å². The van der Waals surface area contributed by atoms with Gasteiger partial charge in [-0.05, 0) is 55.7 Å². The van der Waals surface area contributed by atoms with Crippen molar-refractivity contribution in [2.75, 3.05) is 13.2 Å². The van der Waals surface area contributed by atoms with Crippen LogP contribution in [0.2, 0.25) is 10.0 Å². The number of carbonyl (C=O) groups excluding carboxylic acids is 2. The molecule has 35 heavy (non-hydrogen) atoms. The normalized spacial score (nSPS) is 11.6. The summed E-state index contributed by atoms with van der Waals surface area (Å²) in [6.07, 6.45) is 0.354. The first-order valence-electron chi connectivity index (χ1n) is 11.5. The van der Waals surface area contributed by atoms with Gasteiger partial charge in [-0.1, -0.05) is 77.3 Å². The summed E-state index contributed by atoms with van der Waals surface area (Å²) in [6.45, 7) is 6.17. The van der Waals surface area contributed by atoms with Crippen molar-refractivity contribution in [2.45, 2.75) is 39.8 Å². The van der Waals surface area contributed by atoms with Gasteiger partial charge in [-0.3, -0.25) is 9.59 Å². The molecule has 1 N–H and O–H groups in total. The third-order valence-electron chi connectivity index (χ3n) is 5.66. The highest BCUT2D eigenvalue weighted by Gasteiger charge is 2.31. The van der Waals surface area contributed by atoms with Gasteiger partial charge < -0.3 is 15.0 Å². The minimum atomic E-state index is -0.751. The smallest absolute Gasteiger partial charge is 0.261 e. The van der Waals surface area contributed by atoms with E-state index in [0.29, 0.717) is 34.3 Å². The molecule has 0 aliphatic heterocycles. The second-order valence-corrected chi connectivity index (χ2v) is 9.26. The number of carbonyl (C=O) groups is 2. The Hall–Kier alpha value is -3.02. The first kappa shape index (κ1) is 26.6. The van der Waals surface area contributed by atoms with Crippen LogP contribution in [0, 0.1) is 13.8 Å². The van der Waals surface area contributed by atoms with Gasteiger partial charge in [0.05, 0.1) is 0 Å². The minimum absolute atomic E-state index is 0.139. The Morgan fingerprint density at radius 3 is 2.40 bits per heavy atom. The van der Waals surface area contributed by atoms with Crippen molar-refractivity contribution in [3.8, 4) is 5.75 Å². The monoisotopic (exact) mass is 512 g/mol. The Bertz CT molecular complexity index is 1170. The van der Waals surface area contributed by atoms with Crippen LogP contribution in [0.3, 0.4) is 0 Å². The highest BCUT2D eigenvalue weighted by molar-refractivity contribution is 6.35. The summed E-state index contributed by atoms with van der Waals surface area (Å²) in [6, 6.07) is 19.8. The molecular formula is C28H30Cl2N2O3. The first-order chi connectivity index (χ1) is 16.8. The lowest BCUT2D eigenvalue weighted by Crippen LogP contribution is -2.51. The second-order valence-electron chi connectivity index (χ2n) is 8.42. The molecule has 0 aliphatic carbocycles. The van der Waals surface area contributed by atoms with Gasteiger partial charge >= 0.3 is 0 Å². The quantitative estimate of drug-likeness (QED) is 0.375. The largest absolute Gasteiger partial charge is 0.483 e. The van der Waals surface area contributed by atoms with Crippen molar-refractivity contribution in [3.05, 3.63) is 99.0 Å². The van der Waals surface area contributed by atoms with Gasteiger partial charge in [0.1, 0.15) is 11.8 Å². The molecule has 5 nitrogen and oxygen atoms in total. The maximum Gasteiger partial charge on any atom is 0.261 e. The SMILES string of the molecule is CCNC(=O)[C@H](Cc1ccccc1)N(Cc1ccc(Cl)cc1Cl)C(=O)COc1ccc(C)cc1C. The molecule has 0 saturated carbocycles. The molecule has 0 saturated heterocycles. The van der Waals surface area contributed by atoms with E-state index in [2.05, 4.69) is 5.32 Å². The van der Waals surface area contributed by atoms with Crippen molar-refractivity contribution < 1.29 is 14.3 Å². The Labute approximate surface area is 217 Å². The summed E-state index contributed by atoms with van der Waals surface area (Å²) in [4.78, 5) is 28.3. The molecule has 0 heterocycles. The zero-order chi connectivity index (χ0) is 25.4. The molecule has 3 aromatic rings. The first-order valence-corrected chi connectivity index (χ1v) is 12.3. The highest BCUT2D eigenvalue weighted by Crippen LogP contribution is 2.25. The molecule has 2 amide bonds. The molecule has 0 aliphatic rings. The van der Waals surface area contributed by atoms with Crippen LogP contribution in [0.1, 0.15) is 29.2 Å². The summed E-state index contributed by atoms with van der Waals surface area (Å²) in [5.41, 5.74) is 3.69.